The predicted octanol–water partition coefficient (Wildman–Crippen LogP) is 4.44. The average molecular weight is 421 g/mol. The Bertz CT molecular complexity index is 671. The van der Waals surface area contributed by atoms with Crippen LogP contribution >= 0.6 is 43.2 Å². The fourth-order valence-electron chi connectivity index (χ4n) is 1.45. The molecule has 0 bridgehead atoms. The zero-order valence-corrected chi connectivity index (χ0v) is 13.8. The van der Waals surface area contributed by atoms with Crippen LogP contribution in [0, 0.1) is 10.1 Å². The summed E-state index contributed by atoms with van der Waals surface area (Å²) in [5, 5.41) is 12.6. The monoisotopic (exact) mass is 419 g/mol. The number of ketones is 1. The number of carbonyl (C=O) groups is 1. The lowest BCUT2D eigenvalue weighted by Gasteiger charge is -2.07. The van der Waals surface area contributed by atoms with E-state index in [1.54, 1.807) is 17.5 Å². The number of Topliss-reactive ketones (excluding diaryl/α,β-unsaturated/α-hetero) is 1. The van der Waals surface area contributed by atoms with Gasteiger partial charge in [0.1, 0.15) is 10.2 Å². The molecule has 1 heterocycles. The minimum absolute atomic E-state index is 0.104. The molecule has 1 aromatic carbocycles. The molecule has 5 nitrogen and oxygen atoms in total. The molecular formula is C12H7Br2NO4S. The molecule has 2 rings (SSSR count). The van der Waals surface area contributed by atoms with Crippen molar-refractivity contribution < 1.29 is 14.5 Å². The molecule has 0 unspecified atom stereocenters. The van der Waals surface area contributed by atoms with Gasteiger partial charge in [-0.1, -0.05) is 6.07 Å². The van der Waals surface area contributed by atoms with Gasteiger partial charge < -0.3 is 4.74 Å². The number of hydrogen-bond acceptors (Lipinski definition) is 5. The standard InChI is InChI=1S/C12H7Br2NO4S/c13-7-4-5-20-12(7)9(16)6-19-10-3-1-2-8(11(10)14)15(17)18/h1-5H,6H2. The molecule has 0 aliphatic rings. The second-order valence-corrected chi connectivity index (χ2v) is 6.22. The van der Waals surface area contributed by atoms with Gasteiger partial charge in [-0.25, -0.2) is 0 Å². The summed E-state index contributed by atoms with van der Waals surface area (Å²) in [7, 11) is 0. The summed E-state index contributed by atoms with van der Waals surface area (Å²) in [4.78, 5) is 22.8. The molecule has 0 saturated carbocycles. The number of nitrogens with zero attached hydrogens (tertiary/aromatic N) is 1. The maximum Gasteiger partial charge on any atom is 0.287 e. The highest BCUT2D eigenvalue weighted by atomic mass is 79.9. The number of ether oxygens (including phenoxy) is 1. The zero-order chi connectivity index (χ0) is 14.7. The first kappa shape index (κ1) is 15.1. The summed E-state index contributed by atoms with van der Waals surface area (Å²) in [6.45, 7) is -0.182. The summed E-state index contributed by atoms with van der Waals surface area (Å²) in [5.41, 5.74) is -0.104. The van der Waals surface area contributed by atoms with Crippen molar-refractivity contribution in [1.29, 1.82) is 0 Å². The van der Waals surface area contributed by atoms with E-state index in [0.29, 0.717) is 9.35 Å². The van der Waals surface area contributed by atoms with Crippen molar-refractivity contribution in [1.82, 2.24) is 0 Å². The summed E-state index contributed by atoms with van der Waals surface area (Å²) in [6, 6.07) is 6.20. The van der Waals surface area contributed by atoms with Crippen LogP contribution < -0.4 is 4.74 Å². The van der Waals surface area contributed by atoms with Gasteiger partial charge in [0.05, 0.1) is 9.80 Å². The Labute approximate surface area is 135 Å². The molecule has 0 spiro atoms. The van der Waals surface area contributed by atoms with E-state index in [1.165, 1.54) is 23.5 Å². The van der Waals surface area contributed by atoms with Crippen molar-refractivity contribution in [2.45, 2.75) is 0 Å². The summed E-state index contributed by atoms with van der Waals surface area (Å²) in [6.07, 6.45) is 0. The SMILES string of the molecule is O=C(COc1cccc([N+](=O)[O-])c1Br)c1sccc1Br. The van der Waals surface area contributed by atoms with E-state index in [9.17, 15) is 14.9 Å². The zero-order valence-electron chi connectivity index (χ0n) is 9.84. The van der Waals surface area contributed by atoms with E-state index in [4.69, 9.17) is 4.74 Å². The third kappa shape index (κ3) is 3.25. The molecule has 0 aliphatic carbocycles. The highest BCUT2D eigenvalue weighted by Gasteiger charge is 2.18. The van der Waals surface area contributed by atoms with Crippen LogP contribution in [0.25, 0.3) is 0 Å². The Kier molecular flexibility index (Phi) is 4.90. The summed E-state index contributed by atoms with van der Waals surface area (Å²) >= 11 is 7.69. The summed E-state index contributed by atoms with van der Waals surface area (Å²) in [5.74, 6) is 0.0745. The number of benzene rings is 1. The first-order chi connectivity index (χ1) is 9.50. The van der Waals surface area contributed by atoms with Crippen LogP contribution in [0.3, 0.4) is 0 Å². The van der Waals surface area contributed by atoms with Crippen molar-refractivity contribution in [2.75, 3.05) is 6.61 Å². The molecule has 0 fully saturated rings. The Morgan fingerprint density at radius 2 is 2.10 bits per heavy atom. The largest absolute Gasteiger partial charge is 0.484 e. The van der Waals surface area contributed by atoms with Gasteiger partial charge in [0.15, 0.2) is 6.61 Å². The quantitative estimate of drug-likeness (QED) is 0.407. The first-order valence-corrected chi connectivity index (χ1v) is 7.79. The molecule has 0 N–H and O–H groups in total. The maximum absolute atomic E-state index is 11.9. The van der Waals surface area contributed by atoms with Crippen molar-refractivity contribution in [3.63, 3.8) is 0 Å². The molecule has 0 saturated heterocycles. The first-order valence-electron chi connectivity index (χ1n) is 5.32. The lowest BCUT2D eigenvalue weighted by molar-refractivity contribution is -0.385. The molecule has 0 atom stereocenters. The van der Waals surface area contributed by atoms with Crippen LogP contribution in [0.1, 0.15) is 9.67 Å². The fraction of sp³-hybridized carbons (Fsp3) is 0.0833. The van der Waals surface area contributed by atoms with Gasteiger partial charge in [0, 0.05) is 10.5 Å². The van der Waals surface area contributed by atoms with E-state index in [-0.39, 0.29) is 28.3 Å². The molecule has 0 radical (unpaired) electrons. The number of thiophene rings is 1. The van der Waals surface area contributed by atoms with Crippen LogP contribution in [0.2, 0.25) is 0 Å². The number of carbonyl (C=O) groups excluding carboxylic acids is 1. The number of nitro benzene ring substituents is 1. The molecule has 2 aromatic rings. The van der Waals surface area contributed by atoms with Crippen LogP contribution in [0.5, 0.6) is 5.75 Å². The molecule has 0 amide bonds. The minimum Gasteiger partial charge on any atom is -0.484 e. The van der Waals surface area contributed by atoms with Gasteiger partial charge in [-0.15, -0.1) is 11.3 Å². The Morgan fingerprint density at radius 3 is 2.70 bits per heavy atom. The molecular weight excluding hydrogens is 414 g/mol. The molecule has 1 aromatic heterocycles. The Hall–Kier alpha value is -1.25. The van der Waals surface area contributed by atoms with E-state index in [1.807, 2.05) is 0 Å². The molecule has 0 aliphatic heterocycles. The highest BCUT2D eigenvalue weighted by molar-refractivity contribution is 9.11. The van der Waals surface area contributed by atoms with Gasteiger partial charge in [-0.3, -0.25) is 14.9 Å². The number of halogens is 2. The van der Waals surface area contributed by atoms with Crippen molar-refractivity contribution in [3.8, 4) is 5.75 Å². The Morgan fingerprint density at radius 1 is 1.35 bits per heavy atom. The number of nitro groups is 1. The third-order valence-corrected chi connectivity index (χ3v) is 5.04. The van der Waals surface area contributed by atoms with Gasteiger partial charge in [-0.2, -0.15) is 0 Å². The van der Waals surface area contributed by atoms with Crippen molar-refractivity contribution >= 4 is 54.7 Å². The maximum atomic E-state index is 11.9. The van der Waals surface area contributed by atoms with E-state index >= 15 is 0 Å². The topological polar surface area (TPSA) is 69.4 Å². The van der Waals surface area contributed by atoms with Crippen LogP contribution in [0.15, 0.2) is 38.6 Å². The van der Waals surface area contributed by atoms with Gasteiger partial charge in [0.2, 0.25) is 5.78 Å². The van der Waals surface area contributed by atoms with E-state index in [0.717, 1.165) is 0 Å². The van der Waals surface area contributed by atoms with E-state index in [2.05, 4.69) is 31.9 Å². The Balaban J connectivity index is 2.12. The van der Waals surface area contributed by atoms with Crippen molar-refractivity contribution in [2.24, 2.45) is 0 Å². The van der Waals surface area contributed by atoms with Crippen LogP contribution in [-0.4, -0.2) is 17.3 Å². The highest BCUT2D eigenvalue weighted by Crippen LogP contribution is 2.34. The normalized spacial score (nSPS) is 10.3. The lowest BCUT2D eigenvalue weighted by atomic mass is 10.3. The second-order valence-electron chi connectivity index (χ2n) is 3.66. The van der Waals surface area contributed by atoms with Gasteiger partial charge in [0.25, 0.3) is 5.69 Å². The minimum atomic E-state index is -0.519. The summed E-state index contributed by atoms with van der Waals surface area (Å²) < 4.78 is 6.30. The van der Waals surface area contributed by atoms with Gasteiger partial charge >= 0.3 is 0 Å². The van der Waals surface area contributed by atoms with Crippen molar-refractivity contribution in [3.05, 3.63) is 53.6 Å². The number of rotatable bonds is 5. The van der Waals surface area contributed by atoms with Crippen LogP contribution in [-0.2, 0) is 0 Å². The second kappa shape index (κ2) is 6.47. The molecule has 20 heavy (non-hydrogen) atoms. The smallest absolute Gasteiger partial charge is 0.287 e. The third-order valence-electron chi connectivity index (χ3n) is 2.37. The lowest BCUT2D eigenvalue weighted by Crippen LogP contribution is -2.11. The van der Waals surface area contributed by atoms with E-state index < -0.39 is 4.92 Å². The fourth-order valence-corrected chi connectivity index (χ4v) is 3.50. The predicted molar refractivity (Wildman–Crippen MR) is 82.6 cm³/mol. The molecule has 8 heteroatoms. The molecule has 104 valence electrons. The van der Waals surface area contributed by atoms with Crippen LogP contribution in [0.4, 0.5) is 5.69 Å². The number of hydrogen-bond donors (Lipinski definition) is 0. The average Bonchev–Trinajstić information content (AvgIpc) is 2.83. The van der Waals surface area contributed by atoms with Gasteiger partial charge in [-0.05, 0) is 49.4 Å².